The topological polar surface area (TPSA) is 78.7 Å². The van der Waals surface area contributed by atoms with Crippen molar-refractivity contribution in [2.75, 3.05) is 18.5 Å². The van der Waals surface area contributed by atoms with E-state index in [0.717, 1.165) is 22.5 Å². The van der Waals surface area contributed by atoms with E-state index in [9.17, 15) is 23.1 Å². The van der Waals surface area contributed by atoms with Crippen LogP contribution in [0.2, 0.25) is 0 Å². The fraction of sp³-hybridized carbons (Fsp3) is 0.263. The smallest absolute Gasteiger partial charge is 0.394 e. The molecule has 3 aromatic rings. The Kier molecular flexibility index (Phi) is 8.15. The molecule has 0 saturated carbocycles. The molecule has 1 aliphatic rings. The average molecular weight is 523 g/mol. The van der Waals surface area contributed by atoms with E-state index in [1.165, 1.54) is 0 Å². The van der Waals surface area contributed by atoms with E-state index in [4.69, 9.17) is 0 Å². The number of urea groups is 1. The molecule has 32 heavy (non-hydrogen) atoms. The van der Waals surface area contributed by atoms with Crippen LogP contribution in [0.4, 0.5) is 23.7 Å². The number of hydrogen-bond donors (Lipinski definition) is 3. The molecule has 13 heteroatoms. The highest BCUT2D eigenvalue weighted by molar-refractivity contribution is 8.82. The number of fused-ring (bicyclic) bond motifs is 1. The van der Waals surface area contributed by atoms with E-state index in [-0.39, 0.29) is 28.2 Å². The van der Waals surface area contributed by atoms with Crippen LogP contribution in [0.3, 0.4) is 0 Å². The molecule has 1 fully saturated rings. The van der Waals surface area contributed by atoms with Crippen molar-refractivity contribution in [1.82, 2.24) is 14.7 Å². The Hall–Kier alpha value is -1.73. The molecule has 1 saturated heterocycles. The number of anilines is 1. The molecule has 1 aliphatic heterocycles. The van der Waals surface area contributed by atoms with Gasteiger partial charge in [-0.2, -0.15) is 13.2 Å². The van der Waals surface area contributed by atoms with E-state index >= 15 is 0 Å². The summed E-state index contributed by atoms with van der Waals surface area (Å²) in [7, 11) is 3.38. The largest absolute Gasteiger partial charge is 0.405 e. The van der Waals surface area contributed by atoms with Crippen molar-refractivity contribution in [3.63, 3.8) is 0 Å². The second kappa shape index (κ2) is 10.5. The number of thioether (sulfide) groups is 1. The highest BCUT2D eigenvalue weighted by Gasteiger charge is 2.28. The molecule has 0 bridgehead atoms. The number of carbonyl (C=O) groups is 1. The van der Waals surface area contributed by atoms with Crippen LogP contribution < -0.4 is 10.6 Å². The van der Waals surface area contributed by atoms with Gasteiger partial charge < -0.3 is 15.7 Å². The molecular formula is C19H18ClF3N4O2S3. The number of imidazole rings is 1. The van der Waals surface area contributed by atoms with Gasteiger partial charge in [0.2, 0.25) is 0 Å². The van der Waals surface area contributed by atoms with E-state index in [1.54, 1.807) is 63.1 Å². The second-order valence-corrected chi connectivity index (χ2v) is 11.1. The lowest BCUT2D eigenvalue weighted by molar-refractivity contribution is -0.122. The molecule has 4 rings (SSSR count). The third-order valence-corrected chi connectivity index (χ3v) is 9.83. The van der Waals surface area contributed by atoms with Gasteiger partial charge in [-0.3, -0.25) is 4.40 Å². The minimum absolute atomic E-state index is 0. The first-order valence-corrected chi connectivity index (χ1v) is 12.3. The van der Waals surface area contributed by atoms with Gasteiger partial charge in [-0.05, 0) is 29.8 Å². The molecule has 6 nitrogen and oxygen atoms in total. The van der Waals surface area contributed by atoms with Crippen LogP contribution in [0.25, 0.3) is 16.9 Å². The lowest BCUT2D eigenvalue weighted by Gasteiger charge is -2.11. The summed E-state index contributed by atoms with van der Waals surface area (Å²) in [6, 6.07) is 9.90. The number of nitrogens with one attached hydrogen (secondary N) is 2. The number of halogens is 4. The van der Waals surface area contributed by atoms with Crippen LogP contribution in [0.15, 0.2) is 48.8 Å². The number of nitrogens with zero attached hydrogens (tertiary/aromatic N) is 2. The Morgan fingerprint density at radius 2 is 2.03 bits per heavy atom. The maximum absolute atomic E-state index is 12.3. The summed E-state index contributed by atoms with van der Waals surface area (Å²) < 4.78 is 39.0. The van der Waals surface area contributed by atoms with Crippen molar-refractivity contribution in [2.45, 2.75) is 15.3 Å². The van der Waals surface area contributed by atoms with Crippen LogP contribution in [0, 0.1) is 0 Å². The van der Waals surface area contributed by atoms with Gasteiger partial charge in [-0.15, -0.1) is 24.2 Å². The van der Waals surface area contributed by atoms with E-state index < -0.39 is 18.8 Å². The Bertz CT molecular complexity index is 1100. The van der Waals surface area contributed by atoms with Gasteiger partial charge >= 0.3 is 12.2 Å². The molecule has 3 heterocycles. The normalized spacial score (nSPS) is 18.4. The van der Waals surface area contributed by atoms with Crippen LogP contribution in [0.5, 0.6) is 0 Å². The first-order valence-electron chi connectivity index (χ1n) is 9.10. The monoisotopic (exact) mass is 522 g/mol. The highest BCUT2D eigenvalue weighted by Crippen LogP contribution is 2.59. The maximum Gasteiger partial charge on any atom is 0.405 e. The van der Waals surface area contributed by atoms with Crippen molar-refractivity contribution in [3.05, 3.63) is 54.4 Å². The summed E-state index contributed by atoms with van der Waals surface area (Å²) in [6.45, 7) is -1.27. The number of aromatic nitrogens is 2. The van der Waals surface area contributed by atoms with Crippen molar-refractivity contribution >= 4 is 63.1 Å². The number of aliphatic hydroxyl groups excluding tert-OH is 1. The van der Waals surface area contributed by atoms with Gasteiger partial charge in [-0.1, -0.05) is 33.7 Å². The van der Waals surface area contributed by atoms with Crippen LogP contribution in [-0.2, 0) is 0 Å². The molecule has 0 spiro atoms. The molecule has 172 valence electrons. The molecule has 2 amide bonds. The van der Waals surface area contributed by atoms with E-state index in [1.807, 2.05) is 28.8 Å². The third-order valence-electron chi connectivity index (χ3n) is 4.35. The summed E-state index contributed by atoms with van der Waals surface area (Å²) in [5.41, 5.74) is 3.78. The fourth-order valence-corrected chi connectivity index (χ4v) is 8.31. The second-order valence-electron chi connectivity index (χ2n) is 6.61. The molecule has 0 radical (unpaired) electrons. The van der Waals surface area contributed by atoms with Gasteiger partial charge in [-0.25, -0.2) is 9.78 Å². The van der Waals surface area contributed by atoms with Gasteiger partial charge in [0.05, 0.1) is 27.7 Å². The highest BCUT2D eigenvalue weighted by atomic mass is 35.5. The molecule has 3 N–H and O–H groups in total. The quantitative estimate of drug-likeness (QED) is 0.381. The number of aliphatic hydroxyl groups is 1. The Morgan fingerprint density at radius 3 is 2.75 bits per heavy atom. The lowest BCUT2D eigenvalue weighted by atomic mass is 10.1. The summed E-state index contributed by atoms with van der Waals surface area (Å²) in [5, 5.41) is 13.5. The standard InChI is InChI=1S/C19H17F3N4O2S3.ClH/c20-19(21,22)10-24-18(28)25-13-3-1-2-11(6-13)14-8-23-15-7-12(4-5-26(14)15)17-29-16(9-27)30-31-17;/h1-8,16-17,27H,9-10H2,(H2,24,25,28);1H. The molecule has 1 aromatic carbocycles. The predicted octanol–water partition coefficient (Wildman–Crippen LogP) is 5.55. The Balaban J connectivity index is 0.00000289. The molecule has 2 unspecified atom stereocenters. The summed E-state index contributed by atoms with van der Waals surface area (Å²) in [6.07, 6.45) is -0.842. The number of amides is 2. The molecule has 0 aliphatic carbocycles. The lowest BCUT2D eigenvalue weighted by Crippen LogP contribution is -2.36. The number of carbonyl (C=O) groups excluding carboxylic acids is 1. The van der Waals surface area contributed by atoms with Crippen molar-refractivity contribution in [1.29, 1.82) is 0 Å². The number of rotatable bonds is 5. The number of benzene rings is 1. The zero-order valence-electron chi connectivity index (χ0n) is 16.2. The van der Waals surface area contributed by atoms with Gasteiger partial charge in [0.25, 0.3) is 0 Å². The number of pyridine rings is 1. The van der Waals surface area contributed by atoms with E-state index in [0.29, 0.717) is 5.69 Å². The number of hydrogen-bond acceptors (Lipinski definition) is 6. The van der Waals surface area contributed by atoms with Crippen molar-refractivity contribution < 1.29 is 23.1 Å². The van der Waals surface area contributed by atoms with Crippen LogP contribution in [-0.4, -0.2) is 44.4 Å². The average Bonchev–Trinajstić information content (AvgIpc) is 3.38. The maximum atomic E-state index is 12.3. The molecule has 2 atom stereocenters. The first-order chi connectivity index (χ1) is 14.8. The van der Waals surface area contributed by atoms with Gasteiger partial charge in [0.15, 0.2) is 0 Å². The minimum atomic E-state index is -4.47. The summed E-state index contributed by atoms with van der Waals surface area (Å²) in [5.74, 6) is 0. The third kappa shape index (κ3) is 5.98. The van der Waals surface area contributed by atoms with Crippen LogP contribution in [0.1, 0.15) is 10.1 Å². The Morgan fingerprint density at radius 1 is 1.22 bits per heavy atom. The molecular weight excluding hydrogens is 505 g/mol. The van der Waals surface area contributed by atoms with Crippen molar-refractivity contribution in [3.8, 4) is 11.3 Å². The molecule has 2 aromatic heterocycles. The zero-order chi connectivity index (χ0) is 22.0. The first kappa shape index (κ1) is 24.9. The Labute approximate surface area is 199 Å². The van der Waals surface area contributed by atoms with E-state index in [2.05, 4.69) is 10.3 Å². The number of alkyl halides is 3. The SMILES string of the molecule is Cl.O=C(NCC(F)(F)F)Nc1cccc(-c2cnc3cc(C4SSC(CO)S4)ccn23)c1. The zero-order valence-corrected chi connectivity index (χ0v) is 19.5. The predicted molar refractivity (Wildman–Crippen MR) is 127 cm³/mol. The fourth-order valence-electron chi connectivity index (χ4n) is 2.97. The van der Waals surface area contributed by atoms with Crippen LogP contribution >= 0.6 is 45.8 Å². The summed E-state index contributed by atoms with van der Waals surface area (Å²) in [4.78, 5) is 16.2. The van der Waals surface area contributed by atoms with Gasteiger partial charge in [0.1, 0.15) is 12.2 Å². The van der Waals surface area contributed by atoms with Gasteiger partial charge in [0, 0.05) is 17.4 Å². The minimum Gasteiger partial charge on any atom is -0.394 e. The van der Waals surface area contributed by atoms with Crippen molar-refractivity contribution in [2.24, 2.45) is 0 Å². The summed E-state index contributed by atoms with van der Waals surface area (Å²) >= 11 is 1.71.